The smallest absolute Gasteiger partial charge is 0.257 e. The van der Waals surface area contributed by atoms with E-state index in [2.05, 4.69) is 27.7 Å². The van der Waals surface area contributed by atoms with Gasteiger partial charge in [-0.15, -0.1) is 0 Å². The zero-order valence-electron chi connectivity index (χ0n) is 18.4. The number of nitrogens with zero attached hydrogens (tertiary/aromatic N) is 2. The molecule has 4 rings (SSSR count). The van der Waals surface area contributed by atoms with Gasteiger partial charge in [-0.2, -0.15) is 0 Å². The second-order valence-corrected chi connectivity index (χ2v) is 7.85. The van der Waals surface area contributed by atoms with Crippen LogP contribution in [0.2, 0.25) is 0 Å². The number of amides is 2. The third kappa shape index (κ3) is 4.48. The van der Waals surface area contributed by atoms with E-state index >= 15 is 0 Å². The summed E-state index contributed by atoms with van der Waals surface area (Å²) in [5.74, 6) is 0.328. The molecule has 0 aliphatic carbocycles. The molecule has 2 N–H and O–H groups in total. The summed E-state index contributed by atoms with van der Waals surface area (Å²) < 4.78 is 5.35. The molecule has 2 amide bonds. The lowest BCUT2D eigenvalue weighted by Crippen LogP contribution is -2.47. The van der Waals surface area contributed by atoms with Crippen LogP contribution in [0.5, 0.6) is 0 Å². The molecule has 1 aromatic heterocycles. The average molecular weight is 431 g/mol. The topological polar surface area (TPSA) is 83.6 Å². The Morgan fingerprint density at radius 3 is 2.53 bits per heavy atom. The molecule has 2 aromatic carbocycles. The first kappa shape index (κ1) is 21.5. The lowest BCUT2D eigenvalue weighted by Gasteiger charge is -2.39. The van der Waals surface area contributed by atoms with Crippen molar-refractivity contribution in [1.82, 2.24) is 10.3 Å². The highest BCUT2D eigenvalue weighted by atomic mass is 16.5. The summed E-state index contributed by atoms with van der Waals surface area (Å²) >= 11 is 0. The van der Waals surface area contributed by atoms with E-state index in [1.54, 1.807) is 7.11 Å². The van der Waals surface area contributed by atoms with Crippen LogP contribution in [0.25, 0.3) is 0 Å². The third-order valence-corrected chi connectivity index (χ3v) is 5.33. The Hall–Kier alpha value is -3.71. The normalized spacial score (nSPS) is 15.2. The van der Waals surface area contributed by atoms with Gasteiger partial charge in [0.15, 0.2) is 0 Å². The molecule has 7 nitrogen and oxygen atoms in total. The third-order valence-electron chi connectivity index (χ3n) is 5.33. The van der Waals surface area contributed by atoms with E-state index in [1.807, 2.05) is 55.5 Å². The molecule has 0 saturated carbocycles. The second kappa shape index (κ2) is 9.20. The lowest BCUT2D eigenvalue weighted by molar-refractivity contribution is -0.114. The van der Waals surface area contributed by atoms with Crippen LogP contribution in [-0.2, 0) is 22.7 Å². The fourth-order valence-corrected chi connectivity index (χ4v) is 4.01. The van der Waals surface area contributed by atoms with E-state index in [1.165, 1.54) is 6.92 Å². The zero-order valence-corrected chi connectivity index (χ0v) is 18.4. The number of benzene rings is 2. The van der Waals surface area contributed by atoms with Crippen LogP contribution in [0.3, 0.4) is 0 Å². The summed E-state index contributed by atoms with van der Waals surface area (Å²) in [7, 11) is 1.62. The minimum absolute atomic E-state index is 0.131. The first-order valence-corrected chi connectivity index (χ1v) is 10.4. The van der Waals surface area contributed by atoms with Crippen LogP contribution in [0.1, 0.15) is 45.8 Å². The summed E-state index contributed by atoms with van der Waals surface area (Å²) in [6.07, 6.45) is -0.411. The maximum absolute atomic E-state index is 13.2. The van der Waals surface area contributed by atoms with E-state index in [4.69, 9.17) is 9.72 Å². The van der Waals surface area contributed by atoms with Crippen molar-refractivity contribution in [1.29, 1.82) is 0 Å². The molecule has 1 aliphatic heterocycles. The van der Waals surface area contributed by atoms with Crippen molar-refractivity contribution in [2.45, 2.75) is 33.2 Å². The van der Waals surface area contributed by atoms with Gasteiger partial charge in [-0.05, 0) is 41.8 Å². The molecule has 0 spiro atoms. The number of rotatable bonds is 6. The van der Waals surface area contributed by atoms with Crippen molar-refractivity contribution in [2.75, 3.05) is 17.3 Å². The van der Waals surface area contributed by atoms with E-state index in [0.717, 1.165) is 22.4 Å². The van der Waals surface area contributed by atoms with Crippen LogP contribution in [0.4, 0.5) is 11.5 Å². The second-order valence-electron chi connectivity index (χ2n) is 7.85. The fourth-order valence-electron chi connectivity index (χ4n) is 4.01. The minimum atomic E-state index is -0.411. The average Bonchev–Trinajstić information content (AvgIpc) is 2.76. The highest BCUT2D eigenvalue weighted by Crippen LogP contribution is 2.35. The lowest BCUT2D eigenvalue weighted by atomic mass is 10.0. The number of pyridine rings is 1. The van der Waals surface area contributed by atoms with E-state index in [0.29, 0.717) is 30.2 Å². The molecule has 0 fully saturated rings. The Kier molecular flexibility index (Phi) is 6.18. The van der Waals surface area contributed by atoms with Gasteiger partial charge in [0.05, 0.1) is 12.2 Å². The maximum Gasteiger partial charge on any atom is 0.257 e. The van der Waals surface area contributed by atoms with Crippen molar-refractivity contribution in [2.24, 2.45) is 0 Å². The Balaban J connectivity index is 1.79. The Morgan fingerprint density at radius 2 is 1.88 bits per heavy atom. The standard InChI is InChI=1S/C25H26N4O3/c1-16-13-20(15-32-3)22-24(26-16)29(14-18-7-5-4-6-8-18)23(28-25(22)31)19-9-11-21(12-10-19)27-17(2)30/h4-13,23H,14-15H2,1-3H3,(H,27,30)(H,28,31)/t23-/m1/s1. The largest absolute Gasteiger partial charge is 0.380 e. The van der Waals surface area contributed by atoms with Crippen molar-refractivity contribution in [3.05, 3.63) is 88.6 Å². The molecule has 1 aliphatic rings. The van der Waals surface area contributed by atoms with E-state index in [9.17, 15) is 9.59 Å². The maximum atomic E-state index is 13.2. The van der Waals surface area contributed by atoms with Gasteiger partial charge >= 0.3 is 0 Å². The monoisotopic (exact) mass is 430 g/mol. The number of hydrogen-bond donors (Lipinski definition) is 2. The first-order chi connectivity index (χ1) is 15.5. The van der Waals surface area contributed by atoms with Gasteiger partial charge in [-0.25, -0.2) is 4.98 Å². The van der Waals surface area contributed by atoms with E-state index < -0.39 is 6.17 Å². The molecule has 0 unspecified atom stereocenters. The Bertz CT molecular complexity index is 1130. The number of hydrogen-bond acceptors (Lipinski definition) is 5. The van der Waals surface area contributed by atoms with Gasteiger partial charge < -0.3 is 20.3 Å². The van der Waals surface area contributed by atoms with Crippen molar-refractivity contribution in [3.63, 3.8) is 0 Å². The van der Waals surface area contributed by atoms with Crippen molar-refractivity contribution >= 4 is 23.3 Å². The van der Waals surface area contributed by atoms with E-state index in [-0.39, 0.29) is 11.8 Å². The number of nitrogens with one attached hydrogen (secondary N) is 2. The van der Waals surface area contributed by atoms with Gasteiger partial charge in [0.1, 0.15) is 12.0 Å². The van der Waals surface area contributed by atoms with Crippen LogP contribution in [-0.4, -0.2) is 23.9 Å². The number of methoxy groups -OCH3 is 1. The highest BCUT2D eigenvalue weighted by Gasteiger charge is 2.35. The zero-order chi connectivity index (χ0) is 22.7. The number of ether oxygens (including phenoxy) is 1. The van der Waals surface area contributed by atoms with Gasteiger partial charge in [-0.1, -0.05) is 42.5 Å². The van der Waals surface area contributed by atoms with Crippen molar-refractivity contribution in [3.8, 4) is 0 Å². The molecule has 1 atom stereocenters. The predicted molar refractivity (Wildman–Crippen MR) is 123 cm³/mol. The van der Waals surface area contributed by atoms with Crippen LogP contribution in [0.15, 0.2) is 60.7 Å². The van der Waals surface area contributed by atoms with Gasteiger partial charge in [0.25, 0.3) is 5.91 Å². The first-order valence-electron chi connectivity index (χ1n) is 10.4. The molecular formula is C25H26N4O3. The molecule has 0 bridgehead atoms. The molecule has 0 radical (unpaired) electrons. The number of fused-ring (bicyclic) bond motifs is 1. The number of aromatic nitrogens is 1. The summed E-state index contributed by atoms with van der Waals surface area (Å²) in [6.45, 7) is 4.28. The number of aryl methyl sites for hydroxylation is 1. The number of carbonyl (C=O) groups is 2. The highest BCUT2D eigenvalue weighted by molar-refractivity contribution is 6.02. The summed E-state index contributed by atoms with van der Waals surface area (Å²) in [5.41, 5.74) is 4.87. The summed E-state index contributed by atoms with van der Waals surface area (Å²) in [4.78, 5) is 31.4. The van der Waals surface area contributed by atoms with Gasteiger partial charge in [-0.3, -0.25) is 9.59 Å². The van der Waals surface area contributed by atoms with Crippen molar-refractivity contribution < 1.29 is 14.3 Å². The Labute approximate surface area is 187 Å². The van der Waals surface area contributed by atoms with Crippen LogP contribution < -0.4 is 15.5 Å². The molecule has 0 saturated heterocycles. The quantitative estimate of drug-likeness (QED) is 0.619. The fraction of sp³-hybridized carbons (Fsp3) is 0.240. The molecule has 164 valence electrons. The predicted octanol–water partition coefficient (Wildman–Crippen LogP) is 3.94. The summed E-state index contributed by atoms with van der Waals surface area (Å²) in [5, 5.41) is 5.92. The Morgan fingerprint density at radius 1 is 1.16 bits per heavy atom. The summed E-state index contributed by atoms with van der Waals surface area (Å²) in [6, 6.07) is 19.5. The minimum Gasteiger partial charge on any atom is -0.380 e. The molecule has 32 heavy (non-hydrogen) atoms. The van der Waals surface area contributed by atoms with Crippen LogP contribution >= 0.6 is 0 Å². The van der Waals surface area contributed by atoms with Gasteiger partial charge in [0, 0.05) is 32.0 Å². The van der Waals surface area contributed by atoms with Crippen LogP contribution in [0, 0.1) is 6.92 Å². The molecular weight excluding hydrogens is 404 g/mol. The molecule has 2 heterocycles. The number of anilines is 2. The SMILES string of the molecule is COCc1cc(C)nc2c1C(=O)N[C@@H](c1ccc(NC(C)=O)cc1)N2Cc1ccccc1. The molecule has 7 heteroatoms. The molecule has 3 aromatic rings. The number of carbonyl (C=O) groups excluding carboxylic acids is 2. The van der Waals surface area contributed by atoms with Gasteiger partial charge in [0.2, 0.25) is 5.91 Å².